The van der Waals surface area contributed by atoms with Crippen molar-refractivity contribution in [3.63, 3.8) is 0 Å². The Labute approximate surface area is 147 Å². The minimum Gasteiger partial charge on any atom is -0.462 e. The second-order valence-electron chi connectivity index (χ2n) is 5.21. The van der Waals surface area contributed by atoms with Gasteiger partial charge in [0.25, 0.3) is 0 Å². The van der Waals surface area contributed by atoms with Gasteiger partial charge < -0.3 is 10.1 Å². The first-order chi connectivity index (χ1) is 12.0. The molecule has 1 N–H and O–H groups in total. The predicted octanol–water partition coefficient (Wildman–Crippen LogP) is 5.09. The fraction of sp³-hybridized carbons (Fsp3) is 0.111. The maximum atomic E-state index is 13.5. The molecule has 0 fully saturated rings. The van der Waals surface area contributed by atoms with E-state index in [4.69, 9.17) is 16.3 Å². The van der Waals surface area contributed by atoms with Gasteiger partial charge in [-0.3, -0.25) is 4.98 Å². The van der Waals surface area contributed by atoms with E-state index in [-0.39, 0.29) is 17.9 Å². The van der Waals surface area contributed by atoms with Gasteiger partial charge in [-0.15, -0.1) is 0 Å². The van der Waals surface area contributed by atoms with E-state index in [0.717, 1.165) is 18.2 Å². The minimum atomic E-state index is -0.739. The van der Waals surface area contributed by atoms with Crippen LogP contribution in [0, 0.1) is 11.6 Å². The number of esters is 1. The molecule has 0 radical (unpaired) electrons. The Balaban J connectivity index is 2.19. The highest BCUT2D eigenvalue weighted by molar-refractivity contribution is 6.31. The molecule has 1 heterocycles. The number of carbonyl (C=O) groups is 1. The number of fused-ring (bicyclic) bond motifs is 1. The molecule has 1 aromatic heterocycles. The third kappa shape index (κ3) is 3.69. The van der Waals surface area contributed by atoms with Crippen LogP contribution in [0.15, 0.2) is 42.6 Å². The maximum absolute atomic E-state index is 13.5. The van der Waals surface area contributed by atoms with Crippen LogP contribution in [-0.2, 0) is 4.74 Å². The summed E-state index contributed by atoms with van der Waals surface area (Å²) in [4.78, 5) is 16.5. The average Bonchev–Trinajstić information content (AvgIpc) is 2.54. The van der Waals surface area contributed by atoms with Gasteiger partial charge in [0.2, 0.25) is 0 Å². The number of ether oxygens (including phenoxy) is 1. The zero-order chi connectivity index (χ0) is 18.0. The molecule has 3 rings (SSSR count). The lowest BCUT2D eigenvalue weighted by molar-refractivity contribution is 0.0527. The highest BCUT2D eigenvalue weighted by Crippen LogP contribution is 2.32. The molecule has 0 unspecified atom stereocenters. The van der Waals surface area contributed by atoms with Crippen molar-refractivity contribution in [1.82, 2.24) is 4.98 Å². The highest BCUT2D eigenvalue weighted by atomic mass is 35.5. The number of hydrogen-bond donors (Lipinski definition) is 1. The monoisotopic (exact) mass is 362 g/mol. The largest absolute Gasteiger partial charge is 0.462 e. The molecule has 0 bridgehead atoms. The number of halogens is 3. The van der Waals surface area contributed by atoms with E-state index in [1.807, 2.05) is 0 Å². The lowest BCUT2D eigenvalue weighted by Crippen LogP contribution is -2.09. The van der Waals surface area contributed by atoms with Crippen molar-refractivity contribution in [1.29, 1.82) is 0 Å². The Morgan fingerprint density at radius 1 is 1.20 bits per heavy atom. The van der Waals surface area contributed by atoms with Gasteiger partial charge in [-0.2, -0.15) is 0 Å². The van der Waals surface area contributed by atoms with Crippen LogP contribution in [-0.4, -0.2) is 17.6 Å². The van der Waals surface area contributed by atoms with E-state index in [1.165, 1.54) is 6.20 Å². The van der Waals surface area contributed by atoms with E-state index >= 15 is 0 Å². The summed E-state index contributed by atoms with van der Waals surface area (Å²) in [5.74, 6) is -2.08. The Hall–Kier alpha value is -2.73. The van der Waals surface area contributed by atoms with Crippen LogP contribution in [0.25, 0.3) is 10.9 Å². The van der Waals surface area contributed by atoms with Crippen molar-refractivity contribution >= 4 is 39.8 Å². The van der Waals surface area contributed by atoms with Crippen molar-refractivity contribution in [2.45, 2.75) is 6.92 Å². The van der Waals surface area contributed by atoms with Gasteiger partial charge in [0.05, 0.1) is 17.8 Å². The minimum absolute atomic E-state index is 0.140. The third-order valence-electron chi connectivity index (χ3n) is 3.46. The fourth-order valence-electron chi connectivity index (χ4n) is 2.43. The molecule has 7 heteroatoms. The molecule has 0 spiro atoms. The van der Waals surface area contributed by atoms with Crippen molar-refractivity contribution in [2.24, 2.45) is 0 Å². The number of rotatable bonds is 4. The summed E-state index contributed by atoms with van der Waals surface area (Å²) in [5, 5.41) is 3.85. The standard InChI is InChI=1S/C18H13ClF2N2O2/c1-2-25-18(24)15-9-22-16-4-3-10(19)5-14(16)17(15)23-13-7-11(20)6-12(21)8-13/h3-9H,2H2,1H3,(H,22,23). The lowest BCUT2D eigenvalue weighted by Gasteiger charge is -2.14. The predicted molar refractivity (Wildman–Crippen MR) is 92.4 cm³/mol. The Morgan fingerprint density at radius 3 is 2.60 bits per heavy atom. The number of aromatic nitrogens is 1. The van der Waals surface area contributed by atoms with E-state index in [1.54, 1.807) is 25.1 Å². The van der Waals surface area contributed by atoms with Gasteiger partial charge in [0, 0.05) is 28.4 Å². The molecule has 4 nitrogen and oxygen atoms in total. The number of anilines is 2. The number of pyridine rings is 1. The highest BCUT2D eigenvalue weighted by Gasteiger charge is 2.17. The van der Waals surface area contributed by atoms with Crippen LogP contribution in [0.3, 0.4) is 0 Å². The zero-order valence-corrected chi connectivity index (χ0v) is 13.9. The van der Waals surface area contributed by atoms with Gasteiger partial charge in [-0.05, 0) is 37.3 Å². The average molecular weight is 363 g/mol. The van der Waals surface area contributed by atoms with E-state index < -0.39 is 17.6 Å². The molecule has 0 aliphatic carbocycles. The summed E-state index contributed by atoms with van der Waals surface area (Å²) in [6, 6.07) is 7.96. The van der Waals surface area contributed by atoms with Crippen LogP contribution in [0.1, 0.15) is 17.3 Å². The molecule has 0 aliphatic heterocycles. The first-order valence-corrected chi connectivity index (χ1v) is 7.84. The van der Waals surface area contributed by atoms with Gasteiger partial charge in [-0.1, -0.05) is 11.6 Å². The smallest absolute Gasteiger partial charge is 0.341 e. The molecule has 0 atom stereocenters. The Kier molecular flexibility index (Phi) is 4.81. The summed E-state index contributed by atoms with van der Waals surface area (Å²) in [5.41, 5.74) is 1.17. The van der Waals surface area contributed by atoms with Crippen molar-refractivity contribution in [3.8, 4) is 0 Å². The maximum Gasteiger partial charge on any atom is 0.341 e. The number of carbonyl (C=O) groups excluding carboxylic acids is 1. The van der Waals surface area contributed by atoms with E-state index in [2.05, 4.69) is 10.3 Å². The lowest BCUT2D eigenvalue weighted by atomic mass is 10.1. The van der Waals surface area contributed by atoms with Crippen LogP contribution in [0.4, 0.5) is 20.2 Å². The Morgan fingerprint density at radius 2 is 1.92 bits per heavy atom. The molecule has 0 amide bonds. The molecule has 25 heavy (non-hydrogen) atoms. The number of nitrogens with one attached hydrogen (secondary N) is 1. The van der Waals surface area contributed by atoms with Crippen molar-refractivity contribution < 1.29 is 18.3 Å². The number of hydrogen-bond acceptors (Lipinski definition) is 4. The third-order valence-corrected chi connectivity index (χ3v) is 3.69. The van der Waals surface area contributed by atoms with Gasteiger partial charge in [-0.25, -0.2) is 13.6 Å². The SMILES string of the molecule is CCOC(=O)c1cnc2ccc(Cl)cc2c1Nc1cc(F)cc(F)c1. The van der Waals surface area contributed by atoms with Crippen LogP contribution >= 0.6 is 11.6 Å². The van der Waals surface area contributed by atoms with Gasteiger partial charge in [0.1, 0.15) is 17.2 Å². The van der Waals surface area contributed by atoms with E-state index in [9.17, 15) is 13.6 Å². The van der Waals surface area contributed by atoms with Crippen molar-refractivity contribution in [3.05, 3.63) is 64.8 Å². The number of benzene rings is 2. The summed E-state index contributed by atoms with van der Waals surface area (Å²) < 4.78 is 32.0. The summed E-state index contributed by atoms with van der Waals surface area (Å²) in [6.07, 6.45) is 1.35. The molecule has 3 aromatic rings. The van der Waals surface area contributed by atoms with Crippen LogP contribution in [0.2, 0.25) is 5.02 Å². The summed E-state index contributed by atoms with van der Waals surface area (Å²) >= 11 is 6.05. The molecular weight excluding hydrogens is 350 g/mol. The molecule has 0 aliphatic rings. The Bertz CT molecular complexity index is 943. The fourth-order valence-corrected chi connectivity index (χ4v) is 2.61. The number of nitrogens with zero attached hydrogens (tertiary/aromatic N) is 1. The quantitative estimate of drug-likeness (QED) is 0.657. The van der Waals surface area contributed by atoms with Gasteiger partial charge in [0.15, 0.2) is 0 Å². The topological polar surface area (TPSA) is 51.2 Å². The van der Waals surface area contributed by atoms with Crippen LogP contribution in [0.5, 0.6) is 0 Å². The second kappa shape index (κ2) is 7.03. The van der Waals surface area contributed by atoms with Crippen LogP contribution < -0.4 is 5.32 Å². The van der Waals surface area contributed by atoms with Crippen molar-refractivity contribution in [2.75, 3.05) is 11.9 Å². The summed E-state index contributed by atoms with van der Waals surface area (Å²) in [6.45, 7) is 1.86. The molecule has 128 valence electrons. The second-order valence-corrected chi connectivity index (χ2v) is 5.65. The zero-order valence-electron chi connectivity index (χ0n) is 13.1. The molecular formula is C18H13ClF2N2O2. The molecule has 2 aromatic carbocycles. The first kappa shape index (κ1) is 17.1. The first-order valence-electron chi connectivity index (χ1n) is 7.46. The summed E-state index contributed by atoms with van der Waals surface area (Å²) in [7, 11) is 0. The van der Waals surface area contributed by atoms with E-state index in [0.29, 0.717) is 21.6 Å². The normalized spacial score (nSPS) is 10.7. The molecule has 0 saturated carbocycles. The van der Waals surface area contributed by atoms with Gasteiger partial charge >= 0.3 is 5.97 Å². The molecule has 0 saturated heterocycles.